The number of hydrogen-bond donors (Lipinski definition) is 0. The van der Waals surface area contributed by atoms with Gasteiger partial charge < -0.3 is 14.5 Å². The van der Waals surface area contributed by atoms with Crippen molar-refractivity contribution in [2.24, 2.45) is 0 Å². The van der Waals surface area contributed by atoms with Crippen LogP contribution in [-0.4, -0.2) is 60.5 Å². The molecular formula is C15H18FN5O3S. The SMILES string of the molecule is O=[N+]([O-])c1cc2sc(N3CCOCC3)nc2nc1N1CCC[C@H](F)C1. The number of aromatic nitrogens is 2. The summed E-state index contributed by atoms with van der Waals surface area (Å²) in [5.74, 6) is 0.221. The first kappa shape index (κ1) is 16.4. The van der Waals surface area contributed by atoms with E-state index in [1.54, 1.807) is 4.90 Å². The van der Waals surface area contributed by atoms with E-state index in [0.717, 1.165) is 18.2 Å². The van der Waals surface area contributed by atoms with Crippen molar-refractivity contribution in [2.75, 3.05) is 49.2 Å². The van der Waals surface area contributed by atoms with Gasteiger partial charge in [0.1, 0.15) is 6.17 Å². The maximum absolute atomic E-state index is 13.7. The van der Waals surface area contributed by atoms with Gasteiger partial charge in [-0.15, -0.1) is 0 Å². The molecule has 2 aromatic rings. The number of piperidine rings is 1. The molecule has 1 atom stereocenters. The molecule has 4 heterocycles. The number of thiazole rings is 1. The van der Waals surface area contributed by atoms with E-state index in [4.69, 9.17) is 4.74 Å². The van der Waals surface area contributed by atoms with E-state index in [1.807, 2.05) is 0 Å². The van der Waals surface area contributed by atoms with Crippen LogP contribution < -0.4 is 9.80 Å². The normalized spacial score (nSPS) is 21.7. The molecule has 0 aromatic carbocycles. The fourth-order valence-electron chi connectivity index (χ4n) is 3.21. The van der Waals surface area contributed by atoms with Gasteiger partial charge in [0, 0.05) is 25.7 Å². The average molecular weight is 367 g/mol. The van der Waals surface area contributed by atoms with Gasteiger partial charge in [0.25, 0.3) is 0 Å². The van der Waals surface area contributed by atoms with Crippen LogP contribution in [0.15, 0.2) is 6.07 Å². The summed E-state index contributed by atoms with van der Waals surface area (Å²) >= 11 is 1.39. The van der Waals surface area contributed by atoms with E-state index in [9.17, 15) is 14.5 Å². The van der Waals surface area contributed by atoms with E-state index >= 15 is 0 Å². The first-order chi connectivity index (χ1) is 12.1. The second-order valence-corrected chi connectivity index (χ2v) is 7.20. The van der Waals surface area contributed by atoms with Gasteiger partial charge in [0.15, 0.2) is 10.8 Å². The number of ether oxygens (including phenoxy) is 1. The lowest BCUT2D eigenvalue weighted by molar-refractivity contribution is -0.384. The molecule has 0 bridgehead atoms. The molecule has 0 spiro atoms. The Morgan fingerprint density at radius 1 is 1.28 bits per heavy atom. The maximum atomic E-state index is 13.7. The van der Waals surface area contributed by atoms with Crippen molar-refractivity contribution < 1.29 is 14.1 Å². The van der Waals surface area contributed by atoms with Crippen LogP contribution in [0, 0.1) is 10.1 Å². The second kappa shape index (κ2) is 6.68. The van der Waals surface area contributed by atoms with Crippen LogP contribution in [0.2, 0.25) is 0 Å². The lowest BCUT2D eigenvalue weighted by Crippen LogP contribution is -2.37. The molecule has 0 aliphatic carbocycles. The van der Waals surface area contributed by atoms with E-state index < -0.39 is 11.1 Å². The van der Waals surface area contributed by atoms with Crippen molar-refractivity contribution in [1.29, 1.82) is 0 Å². The average Bonchev–Trinajstić information content (AvgIpc) is 3.04. The number of anilines is 2. The van der Waals surface area contributed by atoms with Crippen LogP contribution in [0.25, 0.3) is 10.3 Å². The largest absolute Gasteiger partial charge is 0.378 e. The molecule has 25 heavy (non-hydrogen) atoms. The van der Waals surface area contributed by atoms with Crippen LogP contribution >= 0.6 is 11.3 Å². The van der Waals surface area contributed by atoms with Crippen molar-refractivity contribution in [1.82, 2.24) is 9.97 Å². The maximum Gasteiger partial charge on any atom is 0.313 e. The molecule has 2 aliphatic heterocycles. The van der Waals surface area contributed by atoms with Gasteiger partial charge >= 0.3 is 5.69 Å². The molecule has 0 N–H and O–H groups in total. The minimum absolute atomic E-state index is 0.0845. The topological polar surface area (TPSA) is 84.6 Å². The Balaban J connectivity index is 1.73. The van der Waals surface area contributed by atoms with Gasteiger partial charge in [-0.2, -0.15) is 4.98 Å². The highest BCUT2D eigenvalue weighted by Crippen LogP contribution is 2.36. The third kappa shape index (κ3) is 3.23. The number of halogens is 1. The minimum Gasteiger partial charge on any atom is -0.378 e. The number of hydrogen-bond acceptors (Lipinski definition) is 8. The van der Waals surface area contributed by atoms with Gasteiger partial charge in [-0.25, -0.2) is 9.37 Å². The summed E-state index contributed by atoms with van der Waals surface area (Å²) in [6, 6.07) is 1.52. The molecule has 4 rings (SSSR count). The van der Waals surface area contributed by atoms with Gasteiger partial charge in [-0.05, 0) is 12.8 Å². The standard InChI is InChI=1S/C15H18FN5O3S/c16-10-2-1-3-20(9-10)14-11(21(22)23)8-12-13(17-14)18-15(25-12)19-4-6-24-7-5-19/h8,10H,1-7,9H2/t10-/m0/s1. The van der Waals surface area contributed by atoms with Gasteiger partial charge in [0.2, 0.25) is 5.82 Å². The summed E-state index contributed by atoms with van der Waals surface area (Å²) in [6.45, 7) is 3.47. The Labute approximate surface area is 147 Å². The van der Waals surface area contributed by atoms with Crippen LogP contribution in [0.3, 0.4) is 0 Å². The lowest BCUT2D eigenvalue weighted by atomic mass is 10.1. The Morgan fingerprint density at radius 2 is 2.08 bits per heavy atom. The molecule has 0 saturated carbocycles. The van der Waals surface area contributed by atoms with Gasteiger partial charge in [-0.3, -0.25) is 10.1 Å². The van der Waals surface area contributed by atoms with Crippen LogP contribution in [-0.2, 0) is 4.74 Å². The number of fused-ring (bicyclic) bond motifs is 1. The molecular weight excluding hydrogens is 349 g/mol. The summed E-state index contributed by atoms with van der Waals surface area (Å²) in [5, 5.41) is 12.3. The minimum atomic E-state index is -0.981. The van der Waals surface area contributed by atoms with Crippen molar-refractivity contribution in [3.63, 3.8) is 0 Å². The third-order valence-corrected chi connectivity index (χ3v) is 5.53. The fraction of sp³-hybridized carbons (Fsp3) is 0.600. The zero-order valence-electron chi connectivity index (χ0n) is 13.6. The molecule has 2 fully saturated rings. The smallest absolute Gasteiger partial charge is 0.313 e. The fourth-order valence-corrected chi connectivity index (χ4v) is 4.20. The summed E-state index contributed by atoms with van der Waals surface area (Å²) in [5.41, 5.74) is 0.395. The summed E-state index contributed by atoms with van der Waals surface area (Å²) in [6.07, 6.45) is 0.170. The Kier molecular flexibility index (Phi) is 4.38. The summed E-state index contributed by atoms with van der Waals surface area (Å²) in [7, 11) is 0. The van der Waals surface area contributed by atoms with Crippen molar-refractivity contribution in [3.05, 3.63) is 16.2 Å². The molecule has 2 saturated heterocycles. The predicted octanol–water partition coefficient (Wildman–Crippen LogP) is 2.37. The number of alkyl halides is 1. The number of pyridine rings is 1. The Morgan fingerprint density at radius 3 is 2.80 bits per heavy atom. The molecule has 0 amide bonds. The quantitative estimate of drug-likeness (QED) is 0.608. The number of rotatable bonds is 3. The van der Waals surface area contributed by atoms with Crippen molar-refractivity contribution in [2.45, 2.75) is 19.0 Å². The van der Waals surface area contributed by atoms with E-state index in [1.165, 1.54) is 17.4 Å². The van der Waals surface area contributed by atoms with E-state index in [0.29, 0.717) is 42.9 Å². The number of nitrogens with zero attached hydrogens (tertiary/aromatic N) is 5. The first-order valence-corrected chi connectivity index (χ1v) is 9.11. The monoisotopic (exact) mass is 367 g/mol. The van der Waals surface area contributed by atoms with Crippen LogP contribution in [0.1, 0.15) is 12.8 Å². The highest BCUT2D eigenvalue weighted by molar-refractivity contribution is 7.22. The van der Waals surface area contributed by atoms with Crippen LogP contribution in [0.4, 0.5) is 21.0 Å². The molecule has 2 aromatic heterocycles. The van der Waals surface area contributed by atoms with E-state index in [2.05, 4.69) is 14.9 Å². The molecule has 8 nitrogen and oxygen atoms in total. The van der Waals surface area contributed by atoms with Crippen LogP contribution in [0.5, 0.6) is 0 Å². The number of morpholine rings is 1. The molecule has 134 valence electrons. The molecule has 0 radical (unpaired) electrons. The van der Waals surface area contributed by atoms with Gasteiger partial charge in [-0.1, -0.05) is 11.3 Å². The lowest BCUT2D eigenvalue weighted by Gasteiger charge is -2.29. The summed E-state index contributed by atoms with van der Waals surface area (Å²) < 4.78 is 19.8. The number of nitro groups is 1. The highest BCUT2D eigenvalue weighted by atomic mass is 32.1. The molecule has 0 unspecified atom stereocenters. The Bertz CT molecular complexity index is 795. The van der Waals surface area contributed by atoms with Gasteiger partial charge in [0.05, 0.1) is 29.4 Å². The third-order valence-electron chi connectivity index (χ3n) is 4.47. The zero-order valence-corrected chi connectivity index (χ0v) is 14.4. The zero-order chi connectivity index (χ0) is 17.4. The van der Waals surface area contributed by atoms with Crippen molar-refractivity contribution in [3.8, 4) is 0 Å². The Hall–Kier alpha value is -2.07. The summed E-state index contributed by atoms with van der Waals surface area (Å²) in [4.78, 5) is 23.8. The van der Waals surface area contributed by atoms with Crippen molar-refractivity contribution >= 4 is 38.3 Å². The highest BCUT2D eigenvalue weighted by Gasteiger charge is 2.28. The van der Waals surface area contributed by atoms with E-state index in [-0.39, 0.29) is 18.1 Å². The first-order valence-electron chi connectivity index (χ1n) is 8.29. The predicted molar refractivity (Wildman–Crippen MR) is 93.4 cm³/mol. The molecule has 10 heteroatoms. The molecule has 2 aliphatic rings. The second-order valence-electron chi connectivity index (χ2n) is 6.19.